The van der Waals surface area contributed by atoms with Crippen LogP contribution < -0.4 is 5.63 Å². The molecule has 5 N–H and O–H groups in total. The van der Waals surface area contributed by atoms with Crippen molar-refractivity contribution in [2.75, 3.05) is 0 Å². The number of allylic oxidation sites excluding steroid dienone is 1. The van der Waals surface area contributed by atoms with E-state index in [9.17, 15) is 44.7 Å². The summed E-state index contributed by atoms with van der Waals surface area (Å²) in [5, 5.41) is 51.0. The van der Waals surface area contributed by atoms with Gasteiger partial charge in [0.15, 0.2) is 0 Å². The molecule has 10 nitrogen and oxygen atoms in total. The summed E-state index contributed by atoms with van der Waals surface area (Å²) in [4.78, 5) is 49.0. The summed E-state index contributed by atoms with van der Waals surface area (Å²) in [6.45, 7) is 1.38. The van der Waals surface area contributed by atoms with Gasteiger partial charge >= 0.3 is 5.63 Å². The van der Waals surface area contributed by atoms with E-state index in [1.165, 1.54) is 6.92 Å². The number of carbonyl (C=O) groups excluding carboxylic acids is 3. The van der Waals surface area contributed by atoms with E-state index in [1.54, 1.807) is 0 Å². The van der Waals surface area contributed by atoms with Gasteiger partial charge in [0.25, 0.3) is 0 Å². The third-order valence-electron chi connectivity index (χ3n) is 5.30. The van der Waals surface area contributed by atoms with Crippen LogP contribution in [-0.4, -0.2) is 42.9 Å². The smallest absolute Gasteiger partial charge is 0.339 e. The number of phenols is 3. The second-order valence-corrected chi connectivity index (χ2v) is 7.67. The van der Waals surface area contributed by atoms with Gasteiger partial charge in [-0.15, -0.1) is 0 Å². The van der Waals surface area contributed by atoms with Crippen molar-refractivity contribution in [2.45, 2.75) is 13.3 Å². The molecule has 0 fully saturated rings. The van der Waals surface area contributed by atoms with Crippen LogP contribution in [0.25, 0.3) is 5.76 Å². The lowest BCUT2D eigenvalue weighted by molar-refractivity contribution is -0.111. The number of phenolic OH excluding ortho intramolecular Hbond substituents is 3. The minimum atomic E-state index is -0.992. The van der Waals surface area contributed by atoms with E-state index in [-0.39, 0.29) is 40.0 Å². The van der Waals surface area contributed by atoms with E-state index in [1.807, 2.05) is 0 Å². The lowest BCUT2D eigenvalue weighted by atomic mass is 9.85. The Kier molecular flexibility index (Phi) is 5.21. The number of aromatic hydroxyl groups is 4. The summed E-state index contributed by atoms with van der Waals surface area (Å²) in [6, 6.07) is 5.12. The first-order valence-corrected chi connectivity index (χ1v) is 9.76. The summed E-state index contributed by atoms with van der Waals surface area (Å²) < 4.78 is 4.99. The van der Waals surface area contributed by atoms with Crippen LogP contribution in [-0.2, 0) is 11.2 Å². The molecule has 0 saturated carbocycles. The van der Waals surface area contributed by atoms with Gasteiger partial charge in [-0.1, -0.05) is 0 Å². The van der Waals surface area contributed by atoms with Gasteiger partial charge in [0.2, 0.25) is 17.3 Å². The van der Waals surface area contributed by atoms with Crippen LogP contribution in [0.1, 0.15) is 48.7 Å². The Morgan fingerprint density at radius 2 is 1.56 bits per heavy atom. The first-order chi connectivity index (χ1) is 16.0. The monoisotopic (exact) mass is 464 g/mol. The number of ketones is 3. The van der Waals surface area contributed by atoms with Crippen LogP contribution in [0.3, 0.4) is 0 Å². The van der Waals surface area contributed by atoms with Gasteiger partial charge in [0.05, 0.1) is 22.8 Å². The Hall–Kier alpha value is -4.86. The van der Waals surface area contributed by atoms with Crippen molar-refractivity contribution in [3.05, 3.63) is 86.0 Å². The molecule has 1 heterocycles. The van der Waals surface area contributed by atoms with E-state index in [0.717, 1.165) is 30.3 Å². The van der Waals surface area contributed by atoms with E-state index in [2.05, 4.69) is 0 Å². The van der Waals surface area contributed by atoms with Crippen molar-refractivity contribution in [3.8, 4) is 23.0 Å². The van der Waals surface area contributed by atoms with Gasteiger partial charge in [-0.2, -0.15) is 0 Å². The molecule has 1 aliphatic carbocycles. The number of hydrogen-bond donors (Lipinski definition) is 5. The number of benzene rings is 2. The second kappa shape index (κ2) is 7.93. The fraction of sp³-hybridized carbons (Fsp3) is 0.0833. The van der Waals surface area contributed by atoms with Crippen molar-refractivity contribution in [3.63, 3.8) is 0 Å². The summed E-state index contributed by atoms with van der Waals surface area (Å²) >= 11 is 0. The second-order valence-electron chi connectivity index (χ2n) is 7.67. The van der Waals surface area contributed by atoms with E-state index >= 15 is 0 Å². The predicted octanol–water partition coefficient (Wildman–Crippen LogP) is 2.26. The third-order valence-corrected chi connectivity index (χ3v) is 5.30. The number of aliphatic hydroxyl groups is 1. The fourth-order valence-electron chi connectivity index (χ4n) is 3.91. The summed E-state index contributed by atoms with van der Waals surface area (Å²) in [7, 11) is 0. The zero-order chi connectivity index (χ0) is 24.9. The van der Waals surface area contributed by atoms with Gasteiger partial charge in [-0.3, -0.25) is 14.4 Å². The van der Waals surface area contributed by atoms with Crippen LogP contribution in [0.2, 0.25) is 0 Å². The molecule has 34 heavy (non-hydrogen) atoms. The first kappa shape index (κ1) is 22.3. The van der Waals surface area contributed by atoms with Crippen molar-refractivity contribution >= 4 is 23.1 Å². The lowest BCUT2D eigenvalue weighted by Gasteiger charge is -2.19. The molecule has 172 valence electrons. The predicted molar refractivity (Wildman–Crippen MR) is 115 cm³/mol. The highest BCUT2D eigenvalue weighted by atomic mass is 16.4. The summed E-state index contributed by atoms with van der Waals surface area (Å²) in [5.74, 6) is -5.95. The van der Waals surface area contributed by atoms with E-state index in [4.69, 9.17) is 4.42 Å². The molecule has 0 bridgehead atoms. The molecule has 10 heteroatoms. The average molecular weight is 464 g/mol. The van der Waals surface area contributed by atoms with Crippen LogP contribution in [0.4, 0.5) is 0 Å². The van der Waals surface area contributed by atoms with Gasteiger partial charge in [0.1, 0.15) is 34.5 Å². The molecule has 0 aliphatic heterocycles. The average Bonchev–Trinajstić information content (AvgIpc) is 2.70. The lowest BCUT2D eigenvalue weighted by Crippen LogP contribution is -2.20. The largest absolute Gasteiger partial charge is 0.508 e. The fourth-order valence-corrected chi connectivity index (χ4v) is 3.91. The maximum Gasteiger partial charge on any atom is 0.339 e. The Morgan fingerprint density at radius 1 is 0.882 bits per heavy atom. The SMILES string of the molecule is Cc1cc2c(c(O)c1C(=O)c1c(O)cc(O)cc1Cc1cc(O)cc(=O)o1)C(O)=CC(=O)C2=O. The van der Waals surface area contributed by atoms with Crippen LogP contribution in [0.5, 0.6) is 23.0 Å². The Balaban J connectivity index is 1.91. The van der Waals surface area contributed by atoms with Gasteiger partial charge in [-0.25, -0.2) is 4.79 Å². The molecule has 0 spiro atoms. The van der Waals surface area contributed by atoms with Crippen LogP contribution >= 0.6 is 0 Å². The molecule has 3 aromatic rings. The maximum atomic E-state index is 13.5. The standard InChI is InChI=1S/C24H16O10/c1-9-2-14-21(16(28)8-17(29)22(14)31)24(33)19(9)23(32)20-10(3-11(25)6-15(20)27)4-13-5-12(26)7-18(30)34-13/h2-3,5-8,25-28,33H,4H2,1H3. The number of carbonyl (C=O) groups is 3. The Bertz CT molecular complexity index is 1510. The molecule has 0 unspecified atom stereocenters. The molecule has 4 rings (SSSR count). The minimum absolute atomic E-state index is 0.0150. The Morgan fingerprint density at radius 3 is 2.24 bits per heavy atom. The summed E-state index contributed by atoms with van der Waals surface area (Å²) in [6.07, 6.45) is 0.316. The number of aliphatic hydroxyl groups excluding tert-OH is 1. The van der Waals surface area contributed by atoms with Crippen molar-refractivity contribution < 1.29 is 44.3 Å². The van der Waals surface area contributed by atoms with Gasteiger partial charge in [-0.05, 0) is 30.2 Å². The van der Waals surface area contributed by atoms with E-state index < -0.39 is 57.3 Å². The van der Waals surface area contributed by atoms with Gasteiger partial charge in [0, 0.05) is 30.2 Å². The molecule has 0 atom stereocenters. The minimum Gasteiger partial charge on any atom is -0.508 e. The molecule has 1 aliphatic rings. The maximum absolute atomic E-state index is 13.5. The molecule has 0 amide bonds. The third kappa shape index (κ3) is 3.66. The summed E-state index contributed by atoms with van der Waals surface area (Å²) in [5.41, 5.74) is -2.25. The van der Waals surface area contributed by atoms with E-state index in [0.29, 0.717) is 6.08 Å². The highest BCUT2D eigenvalue weighted by Gasteiger charge is 2.33. The first-order valence-electron chi connectivity index (χ1n) is 9.76. The quantitative estimate of drug-likeness (QED) is 0.283. The van der Waals surface area contributed by atoms with Gasteiger partial charge < -0.3 is 29.9 Å². The van der Waals surface area contributed by atoms with Crippen molar-refractivity contribution in [2.24, 2.45) is 0 Å². The van der Waals surface area contributed by atoms with Crippen LogP contribution in [0, 0.1) is 6.92 Å². The van der Waals surface area contributed by atoms with Crippen LogP contribution in [0.15, 0.2) is 45.6 Å². The number of Topliss-reactive ketones (excluding diaryl/α,β-unsaturated/α-hetero) is 1. The van der Waals surface area contributed by atoms with Crippen molar-refractivity contribution in [1.82, 2.24) is 0 Å². The number of hydrogen-bond acceptors (Lipinski definition) is 10. The number of fused-ring (bicyclic) bond motifs is 1. The number of aryl methyl sites for hydroxylation is 1. The molecular weight excluding hydrogens is 448 g/mol. The zero-order valence-electron chi connectivity index (χ0n) is 17.4. The molecule has 2 aromatic carbocycles. The normalized spacial score (nSPS) is 12.9. The Labute approximate surface area is 190 Å². The molecule has 0 radical (unpaired) electrons. The zero-order valence-corrected chi connectivity index (χ0v) is 17.4. The number of rotatable bonds is 4. The van der Waals surface area contributed by atoms with Crippen molar-refractivity contribution in [1.29, 1.82) is 0 Å². The molecular formula is C24H16O10. The molecule has 1 aromatic heterocycles. The molecule has 0 saturated heterocycles. The highest BCUT2D eigenvalue weighted by Crippen LogP contribution is 2.39. The highest BCUT2D eigenvalue weighted by molar-refractivity contribution is 6.50. The topological polar surface area (TPSA) is 183 Å².